The van der Waals surface area contributed by atoms with E-state index >= 15 is 0 Å². The number of aliphatic carboxylic acids is 1. The molecule has 2 aromatic carbocycles. The van der Waals surface area contributed by atoms with Crippen LogP contribution in [0.1, 0.15) is 31.2 Å². The molecule has 0 amide bonds. The fourth-order valence-corrected chi connectivity index (χ4v) is 6.10. The van der Waals surface area contributed by atoms with Gasteiger partial charge in [0.25, 0.3) is 0 Å². The molecule has 174 valence electrons. The van der Waals surface area contributed by atoms with Crippen molar-refractivity contribution in [2.75, 3.05) is 21.2 Å². The Bertz CT molecular complexity index is 985. The molecule has 0 aliphatic heterocycles. The van der Waals surface area contributed by atoms with E-state index in [1.165, 1.54) is 23.5 Å². The Hall–Kier alpha value is -2.42. The smallest absolute Gasteiger partial charge is 0.322 e. The minimum Gasteiger partial charge on any atom is -0.497 e. The highest BCUT2D eigenvalue weighted by Gasteiger charge is 2.42. The summed E-state index contributed by atoms with van der Waals surface area (Å²) in [5.74, 6) is -0.817. The number of rotatable bonds is 9. The molecule has 0 saturated heterocycles. The van der Waals surface area contributed by atoms with E-state index < -0.39 is 22.0 Å². The van der Waals surface area contributed by atoms with Crippen molar-refractivity contribution in [3.05, 3.63) is 60.2 Å². The summed E-state index contributed by atoms with van der Waals surface area (Å²) in [4.78, 5) is 14.7. The molecule has 7 nitrogen and oxygen atoms in total. The van der Waals surface area contributed by atoms with E-state index in [4.69, 9.17) is 4.74 Å². The zero-order chi connectivity index (χ0) is 23.3. The largest absolute Gasteiger partial charge is 0.497 e. The van der Waals surface area contributed by atoms with Gasteiger partial charge in [-0.05, 0) is 75.5 Å². The molecule has 1 atom stereocenters. The second-order valence-electron chi connectivity index (χ2n) is 8.53. The third kappa shape index (κ3) is 5.49. The van der Waals surface area contributed by atoms with Gasteiger partial charge >= 0.3 is 5.97 Å². The highest BCUT2D eigenvalue weighted by Crippen LogP contribution is 2.34. The maximum absolute atomic E-state index is 13.7. The number of hydrogen-bond donors (Lipinski definition) is 1. The standard InChI is InChI=1S/C24H32N2O5S/c1-25(2)20-11-9-19(10-12-20)23(24(27)28)26(17-18-7-5-4-6-8-18)32(29,30)22-15-13-21(31-3)14-16-22/h4-8,13-16,19-20,23H,9-12,17H2,1-3H3,(H,27,28)/t19-,20-,23?. The normalized spacial score (nSPS) is 20.3. The van der Waals surface area contributed by atoms with Crippen LogP contribution in [-0.4, -0.2) is 62.0 Å². The Balaban J connectivity index is 1.98. The molecule has 0 bridgehead atoms. The maximum atomic E-state index is 13.7. The molecular formula is C24H32N2O5S. The molecule has 0 spiro atoms. The van der Waals surface area contributed by atoms with E-state index in [1.54, 1.807) is 12.1 Å². The highest BCUT2D eigenvalue weighted by molar-refractivity contribution is 7.89. The van der Waals surface area contributed by atoms with E-state index in [0.29, 0.717) is 24.6 Å². The van der Waals surface area contributed by atoms with Crippen molar-refractivity contribution in [3.63, 3.8) is 0 Å². The van der Waals surface area contributed by atoms with Crippen LogP contribution in [0.15, 0.2) is 59.5 Å². The third-order valence-corrected chi connectivity index (χ3v) is 8.17. The van der Waals surface area contributed by atoms with Crippen molar-refractivity contribution < 1.29 is 23.1 Å². The average Bonchev–Trinajstić information content (AvgIpc) is 2.79. The fourth-order valence-electron chi connectivity index (χ4n) is 4.47. The molecule has 1 N–H and O–H groups in total. The number of nitrogens with zero attached hydrogens (tertiary/aromatic N) is 2. The predicted molar refractivity (Wildman–Crippen MR) is 123 cm³/mol. The van der Waals surface area contributed by atoms with Crippen molar-refractivity contribution in [1.29, 1.82) is 0 Å². The number of ether oxygens (including phenoxy) is 1. The fraction of sp³-hybridized carbons (Fsp3) is 0.458. The predicted octanol–water partition coefficient (Wildman–Crippen LogP) is 3.46. The number of sulfonamides is 1. The Morgan fingerprint density at radius 2 is 1.62 bits per heavy atom. The second-order valence-corrected chi connectivity index (χ2v) is 10.4. The summed E-state index contributed by atoms with van der Waals surface area (Å²) in [5.41, 5.74) is 0.748. The van der Waals surface area contributed by atoms with Gasteiger partial charge in [0.15, 0.2) is 0 Å². The van der Waals surface area contributed by atoms with Gasteiger partial charge in [-0.15, -0.1) is 0 Å². The molecule has 0 radical (unpaired) electrons. The van der Waals surface area contributed by atoms with E-state index in [0.717, 1.165) is 18.4 Å². The number of benzene rings is 2. The summed E-state index contributed by atoms with van der Waals surface area (Å²) in [7, 11) is 1.50. The van der Waals surface area contributed by atoms with Crippen LogP contribution in [0.5, 0.6) is 5.75 Å². The molecule has 0 heterocycles. The topological polar surface area (TPSA) is 87.2 Å². The molecule has 3 rings (SSSR count). The van der Waals surface area contributed by atoms with Crippen LogP contribution < -0.4 is 4.74 Å². The Morgan fingerprint density at radius 1 is 1.03 bits per heavy atom. The van der Waals surface area contributed by atoms with E-state index in [9.17, 15) is 18.3 Å². The monoisotopic (exact) mass is 460 g/mol. The van der Waals surface area contributed by atoms with Crippen molar-refractivity contribution in [2.45, 2.75) is 49.2 Å². The van der Waals surface area contributed by atoms with E-state index in [2.05, 4.69) is 4.90 Å². The SMILES string of the molecule is COc1ccc(S(=O)(=O)N(Cc2ccccc2)C(C(=O)O)[C@H]2CC[C@H](N(C)C)CC2)cc1. The molecule has 1 saturated carbocycles. The van der Waals surface area contributed by atoms with E-state index in [-0.39, 0.29) is 17.4 Å². The van der Waals surface area contributed by atoms with Crippen LogP contribution in [0.3, 0.4) is 0 Å². The van der Waals surface area contributed by atoms with Crippen LogP contribution in [0, 0.1) is 5.92 Å². The molecule has 32 heavy (non-hydrogen) atoms. The van der Waals surface area contributed by atoms with Crippen molar-refractivity contribution in [3.8, 4) is 5.75 Å². The summed E-state index contributed by atoms with van der Waals surface area (Å²) < 4.78 is 33.7. The summed E-state index contributed by atoms with van der Waals surface area (Å²) in [6.45, 7) is -0.000220. The lowest BCUT2D eigenvalue weighted by Gasteiger charge is -2.38. The molecule has 1 fully saturated rings. The average molecular weight is 461 g/mol. The van der Waals surface area contributed by atoms with Gasteiger partial charge in [-0.25, -0.2) is 8.42 Å². The Morgan fingerprint density at radius 3 is 2.12 bits per heavy atom. The maximum Gasteiger partial charge on any atom is 0.322 e. The summed E-state index contributed by atoms with van der Waals surface area (Å²) in [6.07, 6.45) is 3.04. The van der Waals surface area contributed by atoms with Gasteiger partial charge in [0.2, 0.25) is 10.0 Å². The van der Waals surface area contributed by atoms with Crippen molar-refractivity contribution >= 4 is 16.0 Å². The van der Waals surface area contributed by atoms with Crippen LogP contribution in [0.4, 0.5) is 0 Å². The Labute approximate surface area is 190 Å². The lowest BCUT2D eigenvalue weighted by atomic mass is 9.81. The molecule has 0 aromatic heterocycles. The number of carboxylic acids is 1. The number of carbonyl (C=O) groups is 1. The number of hydrogen-bond acceptors (Lipinski definition) is 5. The quantitative estimate of drug-likeness (QED) is 0.617. The minimum absolute atomic E-state index is 0.000220. The van der Waals surface area contributed by atoms with Gasteiger partial charge in [0.05, 0.1) is 12.0 Å². The summed E-state index contributed by atoms with van der Waals surface area (Å²) in [6, 6.07) is 14.5. The first kappa shape index (κ1) is 24.2. The molecule has 1 unspecified atom stereocenters. The molecule has 2 aromatic rings. The molecule has 1 aliphatic rings. The lowest BCUT2D eigenvalue weighted by molar-refractivity contribution is -0.144. The van der Waals surface area contributed by atoms with Crippen molar-refractivity contribution in [2.24, 2.45) is 5.92 Å². The van der Waals surface area contributed by atoms with Gasteiger partial charge in [0.1, 0.15) is 11.8 Å². The van der Waals surface area contributed by atoms with Gasteiger partial charge in [-0.1, -0.05) is 30.3 Å². The van der Waals surface area contributed by atoms with Gasteiger partial charge in [-0.2, -0.15) is 4.31 Å². The third-order valence-electron chi connectivity index (χ3n) is 6.33. The van der Waals surface area contributed by atoms with Crippen LogP contribution in [-0.2, 0) is 21.4 Å². The minimum atomic E-state index is -4.06. The zero-order valence-corrected chi connectivity index (χ0v) is 19.7. The van der Waals surface area contributed by atoms with Crippen LogP contribution in [0.25, 0.3) is 0 Å². The zero-order valence-electron chi connectivity index (χ0n) is 18.8. The first-order valence-electron chi connectivity index (χ1n) is 10.8. The highest BCUT2D eigenvalue weighted by atomic mass is 32.2. The van der Waals surface area contributed by atoms with E-state index in [1.807, 2.05) is 44.4 Å². The van der Waals surface area contributed by atoms with Crippen LogP contribution in [0.2, 0.25) is 0 Å². The first-order chi connectivity index (χ1) is 15.2. The number of methoxy groups -OCH3 is 1. The van der Waals surface area contributed by atoms with Gasteiger partial charge < -0.3 is 14.7 Å². The molecule has 8 heteroatoms. The summed E-state index contributed by atoms with van der Waals surface area (Å²) >= 11 is 0. The van der Waals surface area contributed by atoms with Crippen molar-refractivity contribution in [1.82, 2.24) is 9.21 Å². The Kier molecular flexibility index (Phi) is 7.92. The van der Waals surface area contributed by atoms with Gasteiger partial charge in [-0.3, -0.25) is 4.79 Å². The van der Waals surface area contributed by atoms with Crippen LogP contribution >= 0.6 is 0 Å². The number of carboxylic acid groups (broad SMARTS) is 1. The summed E-state index contributed by atoms with van der Waals surface area (Å²) in [5, 5.41) is 10.2. The van der Waals surface area contributed by atoms with Gasteiger partial charge in [0, 0.05) is 12.6 Å². The first-order valence-corrected chi connectivity index (χ1v) is 12.3. The second kappa shape index (κ2) is 10.5. The lowest BCUT2D eigenvalue weighted by Crippen LogP contribution is -2.50. The molecular weight excluding hydrogens is 428 g/mol. The molecule has 1 aliphatic carbocycles.